The molecule has 0 fully saturated rings. The number of fused-ring (bicyclic) bond motifs is 1. The van der Waals surface area contributed by atoms with Crippen LogP contribution in [0.2, 0.25) is 0 Å². The van der Waals surface area contributed by atoms with Gasteiger partial charge in [0.25, 0.3) is 0 Å². The first-order chi connectivity index (χ1) is 9.94. The van der Waals surface area contributed by atoms with Gasteiger partial charge in [-0.05, 0) is 24.0 Å². The fraction of sp³-hybridized carbons (Fsp3) is 0.429. The number of hydrogen-bond donors (Lipinski definition) is 1. The van der Waals surface area contributed by atoms with Crippen molar-refractivity contribution in [2.45, 2.75) is 24.8 Å². The van der Waals surface area contributed by atoms with Crippen LogP contribution < -0.4 is 5.73 Å². The van der Waals surface area contributed by atoms with Gasteiger partial charge < -0.3 is 10.3 Å². The van der Waals surface area contributed by atoms with Crippen molar-refractivity contribution in [3.63, 3.8) is 0 Å². The SMILES string of the molecule is CS(=O)(=O)CCC(N)c1nc(C2Cc3ccccc32)no1. The molecule has 0 spiro atoms. The predicted molar refractivity (Wildman–Crippen MR) is 77.5 cm³/mol. The first-order valence-electron chi connectivity index (χ1n) is 6.78. The average molecular weight is 307 g/mol. The van der Waals surface area contributed by atoms with Gasteiger partial charge in [-0.15, -0.1) is 0 Å². The first kappa shape index (κ1) is 14.2. The summed E-state index contributed by atoms with van der Waals surface area (Å²) in [5, 5.41) is 3.99. The van der Waals surface area contributed by atoms with Crippen molar-refractivity contribution in [1.82, 2.24) is 10.1 Å². The molecular weight excluding hydrogens is 290 g/mol. The van der Waals surface area contributed by atoms with Crippen LogP contribution >= 0.6 is 0 Å². The molecule has 21 heavy (non-hydrogen) atoms. The molecule has 0 amide bonds. The molecule has 3 rings (SSSR count). The lowest BCUT2D eigenvalue weighted by atomic mass is 9.77. The lowest BCUT2D eigenvalue weighted by Crippen LogP contribution is -2.20. The Kier molecular flexibility index (Phi) is 3.54. The molecule has 1 aliphatic rings. The predicted octanol–water partition coefficient (Wildman–Crippen LogP) is 1.19. The molecule has 2 aromatic rings. The highest BCUT2D eigenvalue weighted by Crippen LogP contribution is 2.38. The number of sulfone groups is 1. The summed E-state index contributed by atoms with van der Waals surface area (Å²) in [6.45, 7) is 0. The molecule has 0 saturated carbocycles. The van der Waals surface area contributed by atoms with Gasteiger partial charge in [-0.2, -0.15) is 4.98 Å². The minimum absolute atomic E-state index is 0.0120. The molecule has 1 aliphatic carbocycles. The van der Waals surface area contributed by atoms with Gasteiger partial charge in [-0.25, -0.2) is 8.42 Å². The Morgan fingerprint density at radius 3 is 2.90 bits per heavy atom. The van der Waals surface area contributed by atoms with Crippen LogP contribution in [0.3, 0.4) is 0 Å². The van der Waals surface area contributed by atoms with Crippen LogP contribution in [-0.4, -0.2) is 30.6 Å². The summed E-state index contributed by atoms with van der Waals surface area (Å²) >= 11 is 0. The number of rotatable bonds is 5. The lowest BCUT2D eigenvalue weighted by Gasteiger charge is -2.27. The maximum atomic E-state index is 11.2. The van der Waals surface area contributed by atoms with E-state index < -0.39 is 15.9 Å². The molecule has 0 saturated heterocycles. The molecular formula is C14H17N3O3S. The van der Waals surface area contributed by atoms with E-state index in [1.165, 1.54) is 17.4 Å². The number of hydrogen-bond acceptors (Lipinski definition) is 6. The van der Waals surface area contributed by atoms with Crippen LogP contribution in [0.4, 0.5) is 0 Å². The highest BCUT2D eigenvalue weighted by molar-refractivity contribution is 7.90. The Bertz CT molecular complexity index is 754. The summed E-state index contributed by atoms with van der Waals surface area (Å²) in [4.78, 5) is 4.33. The Morgan fingerprint density at radius 1 is 1.43 bits per heavy atom. The van der Waals surface area contributed by atoms with Crippen LogP contribution in [0.1, 0.15) is 41.2 Å². The minimum Gasteiger partial charge on any atom is -0.338 e. The molecule has 0 bridgehead atoms. The van der Waals surface area contributed by atoms with Crippen LogP contribution in [0.5, 0.6) is 0 Å². The van der Waals surface area contributed by atoms with Crippen molar-refractivity contribution >= 4 is 9.84 Å². The summed E-state index contributed by atoms with van der Waals surface area (Å²) in [7, 11) is -3.04. The monoisotopic (exact) mass is 307 g/mol. The topological polar surface area (TPSA) is 99.1 Å². The molecule has 0 aliphatic heterocycles. The average Bonchev–Trinajstić information content (AvgIpc) is 2.86. The van der Waals surface area contributed by atoms with Crippen molar-refractivity contribution in [3.05, 3.63) is 47.1 Å². The van der Waals surface area contributed by atoms with Gasteiger partial charge in [0.2, 0.25) is 5.89 Å². The van der Waals surface area contributed by atoms with Gasteiger partial charge >= 0.3 is 0 Å². The van der Waals surface area contributed by atoms with E-state index in [1.54, 1.807) is 0 Å². The van der Waals surface area contributed by atoms with E-state index in [1.807, 2.05) is 12.1 Å². The second-order valence-electron chi connectivity index (χ2n) is 5.47. The molecule has 1 heterocycles. The second-order valence-corrected chi connectivity index (χ2v) is 7.73. The van der Waals surface area contributed by atoms with Gasteiger partial charge in [0, 0.05) is 6.26 Å². The third kappa shape index (κ3) is 2.98. The van der Waals surface area contributed by atoms with Gasteiger partial charge in [0.15, 0.2) is 5.82 Å². The van der Waals surface area contributed by atoms with E-state index in [2.05, 4.69) is 22.3 Å². The third-order valence-corrected chi connectivity index (χ3v) is 4.72. The van der Waals surface area contributed by atoms with Crippen molar-refractivity contribution in [2.24, 2.45) is 5.73 Å². The molecule has 112 valence electrons. The zero-order chi connectivity index (χ0) is 15.0. The smallest absolute Gasteiger partial charge is 0.243 e. The Labute approximate surface area is 123 Å². The molecule has 6 nitrogen and oxygen atoms in total. The molecule has 2 unspecified atom stereocenters. The number of nitrogens with zero attached hydrogens (tertiary/aromatic N) is 2. The van der Waals surface area contributed by atoms with Crippen molar-refractivity contribution in [1.29, 1.82) is 0 Å². The Hall–Kier alpha value is -1.73. The summed E-state index contributed by atoms with van der Waals surface area (Å²) < 4.78 is 27.5. The normalized spacial score (nSPS) is 18.9. The van der Waals surface area contributed by atoms with Gasteiger partial charge in [-0.1, -0.05) is 29.4 Å². The summed E-state index contributed by atoms with van der Waals surface area (Å²) in [6, 6.07) is 7.60. The van der Waals surface area contributed by atoms with Crippen LogP contribution in [0, 0.1) is 0 Å². The largest absolute Gasteiger partial charge is 0.338 e. The maximum absolute atomic E-state index is 11.2. The lowest BCUT2D eigenvalue weighted by molar-refractivity contribution is 0.346. The van der Waals surface area contributed by atoms with Crippen LogP contribution in [-0.2, 0) is 16.3 Å². The van der Waals surface area contributed by atoms with Crippen molar-refractivity contribution < 1.29 is 12.9 Å². The highest BCUT2D eigenvalue weighted by Gasteiger charge is 2.31. The number of benzene rings is 1. The fourth-order valence-corrected chi connectivity index (χ4v) is 3.18. The van der Waals surface area contributed by atoms with E-state index in [9.17, 15) is 8.42 Å². The van der Waals surface area contributed by atoms with E-state index in [-0.39, 0.29) is 18.1 Å². The highest BCUT2D eigenvalue weighted by atomic mass is 32.2. The van der Waals surface area contributed by atoms with Gasteiger partial charge in [0.05, 0.1) is 17.7 Å². The molecule has 1 aromatic carbocycles. The van der Waals surface area contributed by atoms with E-state index in [0.29, 0.717) is 11.7 Å². The molecule has 2 atom stereocenters. The van der Waals surface area contributed by atoms with E-state index in [4.69, 9.17) is 10.3 Å². The van der Waals surface area contributed by atoms with Gasteiger partial charge in [0.1, 0.15) is 9.84 Å². The summed E-state index contributed by atoms with van der Waals surface area (Å²) in [5.74, 6) is 1.09. The zero-order valence-electron chi connectivity index (χ0n) is 11.7. The molecule has 0 radical (unpaired) electrons. The number of aromatic nitrogens is 2. The second kappa shape index (κ2) is 5.23. The van der Waals surface area contributed by atoms with Crippen LogP contribution in [0.25, 0.3) is 0 Å². The maximum Gasteiger partial charge on any atom is 0.243 e. The van der Waals surface area contributed by atoms with E-state index >= 15 is 0 Å². The Morgan fingerprint density at radius 2 is 2.19 bits per heavy atom. The molecule has 1 aromatic heterocycles. The Balaban J connectivity index is 1.70. The zero-order valence-corrected chi connectivity index (χ0v) is 12.5. The molecule has 7 heteroatoms. The van der Waals surface area contributed by atoms with Crippen molar-refractivity contribution in [2.75, 3.05) is 12.0 Å². The third-order valence-electron chi connectivity index (χ3n) is 3.74. The summed E-state index contributed by atoms with van der Waals surface area (Å²) in [6.07, 6.45) is 2.36. The standard InChI is InChI=1S/C14H17N3O3S/c1-21(18,19)7-6-12(15)14-16-13(17-20-14)11-8-9-4-2-3-5-10(9)11/h2-5,11-12H,6-8,15H2,1H3. The summed E-state index contributed by atoms with van der Waals surface area (Å²) in [5.41, 5.74) is 8.43. The number of nitrogens with two attached hydrogens (primary N) is 1. The fourth-order valence-electron chi connectivity index (χ4n) is 2.49. The quantitative estimate of drug-likeness (QED) is 0.891. The first-order valence-corrected chi connectivity index (χ1v) is 8.85. The van der Waals surface area contributed by atoms with E-state index in [0.717, 1.165) is 6.42 Å². The van der Waals surface area contributed by atoms with Crippen LogP contribution in [0.15, 0.2) is 28.8 Å². The minimum atomic E-state index is -3.04. The van der Waals surface area contributed by atoms with Gasteiger partial charge in [-0.3, -0.25) is 0 Å². The van der Waals surface area contributed by atoms with Crippen molar-refractivity contribution in [3.8, 4) is 0 Å². The molecule has 2 N–H and O–H groups in total.